The van der Waals surface area contributed by atoms with E-state index in [-0.39, 0.29) is 31.0 Å². The highest BCUT2D eigenvalue weighted by Crippen LogP contribution is 2.36. The van der Waals surface area contributed by atoms with Crippen molar-refractivity contribution in [2.75, 3.05) is 19.8 Å². The van der Waals surface area contributed by atoms with Gasteiger partial charge in [-0.05, 0) is 73.2 Å². The minimum atomic E-state index is -4.10. The largest absolute Gasteiger partial charge is 0.494 e. The van der Waals surface area contributed by atoms with Gasteiger partial charge in [-0.3, -0.25) is 10.0 Å². The summed E-state index contributed by atoms with van der Waals surface area (Å²) in [5.41, 5.74) is 3.45. The molecule has 3 aromatic rings. The van der Waals surface area contributed by atoms with Gasteiger partial charge in [-0.2, -0.15) is 0 Å². The summed E-state index contributed by atoms with van der Waals surface area (Å²) in [7, 11) is -4.10. The highest BCUT2D eigenvalue weighted by atomic mass is 32.2. The molecule has 1 fully saturated rings. The van der Waals surface area contributed by atoms with Crippen LogP contribution in [0.25, 0.3) is 11.1 Å². The molecule has 3 aromatic carbocycles. The van der Waals surface area contributed by atoms with Gasteiger partial charge in [0, 0.05) is 24.8 Å². The number of nitrogens with one attached hydrogen (secondary N) is 1. The normalized spacial score (nSPS) is 15.2. The summed E-state index contributed by atoms with van der Waals surface area (Å²) < 4.78 is 63.1. The van der Waals surface area contributed by atoms with E-state index in [0.29, 0.717) is 36.3 Å². The first-order valence-corrected chi connectivity index (χ1v) is 13.3. The molecule has 196 valence electrons. The van der Waals surface area contributed by atoms with Crippen LogP contribution in [0.2, 0.25) is 0 Å². The zero-order valence-corrected chi connectivity index (χ0v) is 20.8. The van der Waals surface area contributed by atoms with Crippen molar-refractivity contribution >= 4 is 15.7 Å². The van der Waals surface area contributed by atoms with E-state index in [1.54, 1.807) is 6.07 Å². The van der Waals surface area contributed by atoms with Gasteiger partial charge in [-0.1, -0.05) is 24.3 Å². The molecule has 1 aliphatic rings. The maximum absolute atomic E-state index is 14.1. The van der Waals surface area contributed by atoms with Crippen LogP contribution >= 0.6 is 0 Å². The van der Waals surface area contributed by atoms with Crippen LogP contribution in [0.5, 0.6) is 5.75 Å². The van der Waals surface area contributed by atoms with Crippen molar-refractivity contribution in [3.8, 4) is 16.9 Å². The molecule has 7 nitrogen and oxygen atoms in total. The Morgan fingerprint density at radius 2 is 1.76 bits per heavy atom. The zero-order valence-electron chi connectivity index (χ0n) is 20.0. The maximum Gasteiger partial charge on any atom is 0.265 e. The van der Waals surface area contributed by atoms with Crippen molar-refractivity contribution in [1.82, 2.24) is 5.48 Å². The summed E-state index contributed by atoms with van der Waals surface area (Å²) in [4.78, 5) is 12.3. The Labute approximate surface area is 213 Å². The quantitative estimate of drug-likeness (QED) is 0.240. The molecule has 10 heteroatoms. The number of sulfone groups is 1. The highest BCUT2D eigenvalue weighted by molar-refractivity contribution is 7.93. The van der Waals surface area contributed by atoms with Gasteiger partial charge in [-0.25, -0.2) is 22.7 Å². The monoisotopic (exact) mass is 531 g/mol. The number of hydrogen-bond donors (Lipinski definition) is 2. The van der Waals surface area contributed by atoms with Crippen LogP contribution in [0.4, 0.5) is 8.78 Å². The molecule has 1 aliphatic heterocycles. The van der Waals surface area contributed by atoms with Crippen molar-refractivity contribution in [3.05, 3.63) is 83.9 Å². The van der Waals surface area contributed by atoms with E-state index in [1.807, 2.05) is 18.2 Å². The highest BCUT2D eigenvalue weighted by Gasteiger charge is 2.52. The third-order valence-corrected chi connectivity index (χ3v) is 9.03. The third kappa shape index (κ3) is 5.66. The average Bonchev–Trinajstić information content (AvgIpc) is 2.91. The minimum absolute atomic E-state index is 0.0461. The third-order valence-electron chi connectivity index (χ3n) is 6.51. The van der Waals surface area contributed by atoms with Gasteiger partial charge in [0.25, 0.3) is 5.91 Å². The minimum Gasteiger partial charge on any atom is -0.494 e. The Kier molecular flexibility index (Phi) is 8.21. The van der Waals surface area contributed by atoms with Gasteiger partial charge in [0.1, 0.15) is 17.4 Å². The molecule has 0 radical (unpaired) electrons. The molecular weight excluding hydrogens is 504 g/mol. The second kappa shape index (κ2) is 11.4. The van der Waals surface area contributed by atoms with Gasteiger partial charge >= 0.3 is 0 Å². The number of benzene rings is 3. The number of rotatable bonds is 9. The summed E-state index contributed by atoms with van der Waals surface area (Å²) in [5, 5.41) is 9.15. The smallest absolute Gasteiger partial charge is 0.265 e. The number of halogens is 2. The van der Waals surface area contributed by atoms with E-state index in [2.05, 4.69) is 0 Å². The Balaban J connectivity index is 1.36. The Morgan fingerprint density at radius 3 is 2.43 bits per heavy atom. The predicted octanol–water partition coefficient (Wildman–Crippen LogP) is 4.47. The molecule has 4 rings (SSSR count). The van der Waals surface area contributed by atoms with E-state index < -0.39 is 32.1 Å². The molecule has 0 unspecified atom stereocenters. The molecule has 1 heterocycles. The van der Waals surface area contributed by atoms with E-state index >= 15 is 0 Å². The average molecular weight is 532 g/mol. The molecule has 0 atom stereocenters. The van der Waals surface area contributed by atoms with Gasteiger partial charge in [0.15, 0.2) is 14.6 Å². The van der Waals surface area contributed by atoms with Gasteiger partial charge < -0.3 is 9.47 Å². The lowest BCUT2D eigenvalue weighted by Gasteiger charge is -2.34. The topological polar surface area (TPSA) is 102 Å². The molecule has 2 N–H and O–H groups in total. The van der Waals surface area contributed by atoms with Crippen LogP contribution in [0.1, 0.15) is 24.8 Å². The fourth-order valence-corrected chi connectivity index (χ4v) is 6.39. The summed E-state index contributed by atoms with van der Waals surface area (Å²) in [6.07, 6.45) is 1.18. The summed E-state index contributed by atoms with van der Waals surface area (Å²) >= 11 is 0. The van der Waals surface area contributed by atoms with Gasteiger partial charge in [0.2, 0.25) is 0 Å². The molecule has 1 saturated heterocycles. The number of hydroxylamine groups is 1. The van der Waals surface area contributed by atoms with Crippen molar-refractivity contribution in [3.63, 3.8) is 0 Å². The molecule has 0 bridgehead atoms. The molecule has 1 amide bonds. The van der Waals surface area contributed by atoms with Crippen molar-refractivity contribution in [2.45, 2.75) is 35.3 Å². The molecule has 0 aliphatic carbocycles. The van der Waals surface area contributed by atoms with Crippen LogP contribution in [0, 0.1) is 11.6 Å². The fraction of sp³-hybridized carbons (Fsp3) is 0.296. The maximum atomic E-state index is 14.1. The van der Waals surface area contributed by atoms with Crippen molar-refractivity contribution in [1.29, 1.82) is 0 Å². The van der Waals surface area contributed by atoms with E-state index in [1.165, 1.54) is 41.9 Å². The lowest BCUT2D eigenvalue weighted by Crippen LogP contribution is -2.54. The summed E-state index contributed by atoms with van der Waals surface area (Å²) in [6.45, 7) is 0.542. The Morgan fingerprint density at radius 1 is 1.03 bits per heavy atom. The van der Waals surface area contributed by atoms with Crippen LogP contribution in [-0.2, 0) is 25.8 Å². The number of carbonyl (C=O) groups is 1. The molecule has 0 aromatic heterocycles. The van der Waals surface area contributed by atoms with E-state index in [0.717, 1.165) is 11.6 Å². The summed E-state index contributed by atoms with van der Waals surface area (Å²) in [6, 6.07) is 16.7. The number of amides is 1. The summed E-state index contributed by atoms with van der Waals surface area (Å²) in [5.74, 6) is -1.75. The van der Waals surface area contributed by atoms with Gasteiger partial charge in [-0.15, -0.1) is 0 Å². The van der Waals surface area contributed by atoms with Crippen molar-refractivity contribution in [2.24, 2.45) is 0 Å². The lowest BCUT2D eigenvalue weighted by molar-refractivity contribution is -0.134. The standard InChI is InChI=1S/C27H27F2NO6S/c28-21-6-11-24(25(29)18-21)20-5-1-3-19(17-20)4-2-14-36-22-7-9-23(10-8-22)37(33,34)27(26(31)30-32)12-15-35-16-13-27/h1,3,5-11,17-18,32H,2,4,12-16H2,(H,30,31). The number of ether oxygens (including phenoxy) is 2. The van der Waals surface area contributed by atoms with E-state index in [9.17, 15) is 22.0 Å². The second-order valence-electron chi connectivity index (χ2n) is 8.80. The van der Waals surface area contributed by atoms with Crippen molar-refractivity contribution < 1.29 is 36.7 Å². The number of hydrogen-bond acceptors (Lipinski definition) is 6. The first-order valence-electron chi connectivity index (χ1n) is 11.8. The van der Waals surface area contributed by atoms with Crippen LogP contribution < -0.4 is 10.2 Å². The van der Waals surface area contributed by atoms with Crippen LogP contribution in [0.15, 0.2) is 71.6 Å². The first kappa shape index (κ1) is 26.7. The zero-order chi connectivity index (χ0) is 26.5. The molecular formula is C27H27F2NO6S. The SMILES string of the molecule is O=C(NO)C1(S(=O)(=O)c2ccc(OCCCc3cccc(-c4ccc(F)cc4F)c3)cc2)CCOCC1. The van der Waals surface area contributed by atoms with Gasteiger partial charge in [0.05, 0.1) is 11.5 Å². The molecule has 0 spiro atoms. The first-order chi connectivity index (χ1) is 17.8. The number of aryl methyl sites for hydroxylation is 1. The lowest BCUT2D eigenvalue weighted by atomic mass is 9.98. The van der Waals surface area contributed by atoms with E-state index in [4.69, 9.17) is 14.7 Å². The Hall–Kier alpha value is -3.34. The van der Waals surface area contributed by atoms with Crippen LogP contribution in [-0.4, -0.2) is 44.1 Å². The fourth-order valence-electron chi connectivity index (χ4n) is 4.45. The molecule has 0 saturated carbocycles. The van der Waals surface area contributed by atoms with Crippen LogP contribution in [0.3, 0.4) is 0 Å². The Bertz CT molecular complexity index is 1360. The number of carbonyl (C=O) groups excluding carboxylic acids is 1. The second-order valence-corrected chi connectivity index (χ2v) is 11.1. The molecule has 37 heavy (non-hydrogen) atoms. The predicted molar refractivity (Wildman–Crippen MR) is 132 cm³/mol.